The van der Waals surface area contributed by atoms with Crippen LogP contribution in [0.2, 0.25) is 5.02 Å². The van der Waals surface area contributed by atoms with Gasteiger partial charge in [0.1, 0.15) is 11.3 Å². The quantitative estimate of drug-likeness (QED) is 0.706. The molecule has 0 N–H and O–H groups in total. The SMILES string of the molecule is Cc1nccn1CCCN(C)c1ccc2c(Cl)ccnc2c1F. The van der Waals surface area contributed by atoms with E-state index in [-0.39, 0.29) is 5.82 Å². The topological polar surface area (TPSA) is 34.0 Å². The second-order valence-electron chi connectivity index (χ2n) is 5.53. The Morgan fingerprint density at radius 2 is 2.04 bits per heavy atom. The molecule has 0 radical (unpaired) electrons. The molecular weight excluding hydrogens is 315 g/mol. The first kappa shape index (κ1) is 15.7. The Hall–Kier alpha value is -2.14. The summed E-state index contributed by atoms with van der Waals surface area (Å²) in [6, 6.07) is 5.24. The first-order chi connectivity index (χ1) is 11.1. The van der Waals surface area contributed by atoms with Crippen molar-refractivity contribution in [3.63, 3.8) is 0 Å². The predicted molar refractivity (Wildman–Crippen MR) is 91.6 cm³/mol. The van der Waals surface area contributed by atoms with Gasteiger partial charge in [-0.3, -0.25) is 4.98 Å². The first-order valence-electron chi connectivity index (χ1n) is 7.49. The average Bonchev–Trinajstić information content (AvgIpc) is 2.94. The Bertz CT molecular complexity index is 831. The third-order valence-electron chi connectivity index (χ3n) is 4.01. The fourth-order valence-electron chi connectivity index (χ4n) is 2.67. The zero-order valence-electron chi connectivity index (χ0n) is 13.1. The van der Waals surface area contributed by atoms with Crippen molar-refractivity contribution in [2.24, 2.45) is 0 Å². The first-order valence-corrected chi connectivity index (χ1v) is 7.87. The molecule has 0 unspecified atom stereocenters. The number of imidazole rings is 1. The highest BCUT2D eigenvalue weighted by atomic mass is 35.5. The molecule has 0 bridgehead atoms. The molecule has 0 saturated heterocycles. The molecule has 0 spiro atoms. The fraction of sp³-hybridized carbons (Fsp3) is 0.294. The maximum Gasteiger partial charge on any atom is 0.172 e. The molecule has 3 rings (SSSR count). The van der Waals surface area contributed by atoms with E-state index in [1.165, 1.54) is 6.20 Å². The van der Waals surface area contributed by atoms with Gasteiger partial charge in [0.15, 0.2) is 5.82 Å². The van der Waals surface area contributed by atoms with Crippen LogP contribution in [0.4, 0.5) is 10.1 Å². The second kappa shape index (κ2) is 6.54. The van der Waals surface area contributed by atoms with Crippen molar-refractivity contribution >= 4 is 28.2 Å². The predicted octanol–water partition coefficient (Wildman–Crippen LogP) is 4.06. The summed E-state index contributed by atoms with van der Waals surface area (Å²) in [6.07, 6.45) is 6.17. The highest BCUT2D eigenvalue weighted by Gasteiger charge is 2.13. The number of hydrogen-bond acceptors (Lipinski definition) is 3. The molecule has 120 valence electrons. The number of rotatable bonds is 5. The molecule has 3 aromatic rings. The molecular formula is C17H18ClFN4. The van der Waals surface area contributed by atoms with Crippen LogP contribution in [0.1, 0.15) is 12.2 Å². The Labute approximate surface area is 139 Å². The van der Waals surface area contributed by atoms with Crippen LogP contribution in [0.5, 0.6) is 0 Å². The average molecular weight is 333 g/mol. The molecule has 0 amide bonds. The van der Waals surface area contributed by atoms with Gasteiger partial charge in [-0.05, 0) is 31.5 Å². The fourth-order valence-corrected chi connectivity index (χ4v) is 2.88. The molecule has 1 aromatic carbocycles. The number of hydrogen-bond donors (Lipinski definition) is 0. The summed E-state index contributed by atoms with van der Waals surface area (Å²) in [6.45, 7) is 3.57. The molecule has 6 heteroatoms. The van der Waals surface area contributed by atoms with E-state index >= 15 is 0 Å². The Balaban J connectivity index is 1.74. The van der Waals surface area contributed by atoms with Crippen LogP contribution in [0.3, 0.4) is 0 Å². The minimum atomic E-state index is -0.327. The molecule has 0 aliphatic carbocycles. The van der Waals surface area contributed by atoms with E-state index in [0.29, 0.717) is 21.6 Å². The maximum absolute atomic E-state index is 14.7. The van der Waals surface area contributed by atoms with Crippen molar-refractivity contribution in [1.82, 2.24) is 14.5 Å². The van der Waals surface area contributed by atoms with Crippen molar-refractivity contribution in [1.29, 1.82) is 0 Å². The third kappa shape index (κ3) is 3.15. The molecule has 0 fully saturated rings. The van der Waals surface area contributed by atoms with Gasteiger partial charge in [-0.1, -0.05) is 11.6 Å². The van der Waals surface area contributed by atoms with Crippen LogP contribution in [-0.2, 0) is 6.54 Å². The maximum atomic E-state index is 14.7. The molecule has 0 aliphatic rings. The second-order valence-corrected chi connectivity index (χ2v) is 5.94. The number of fused-ring (bicyclic) bond motifs is 1. The van der Waals surface area contributed by atoms with Gasteiger partial charge in [0.2, 0.25) is 0 Å². The molecule has 0 aliphatic heterocycles. The third-order valence-corrected chi connectivity index (χ3v) is 4.33. The van der Waals surface area contributed by atoms with Gasteiger partial charge in [0.05, 0.1) is 10.7 Å². The lowest BCUT2D eigenvalue weighted by molar-refractivity contribution is 0.605. The minimum absolute atomic E-state index is 0.312. The molecule has 0 saturated carbocycles. The standard InChI is InChI=1S/C17H18ClFN4/c1-12-20-8-11-23(12)10-3-9-22(2)15-5-4-13-14(18)6-7-21-17(13)16(15)19/h4-8,11H,3,9-10H2,1-2H3. The van der Waals surface area contributed by atoms with Crippen LogP contribution in [-0.4, -0.2) is 28.1 Å². The number of halogens is 2. The van der Waals surface area contributed by atoms with Gasteiger partial charge in [0, 0.05) is 44.1 Å². The zero-order chi connectivity index (χ0) is 16.4. The molecule has 23 heavy (non-hydrogen) atoms. The summed E-state index contributed by atoms with van der Waals surface area (Å²) in [5.41, 5.74) is 0.849. The van der Waals surface area contributed by atoms with Crippen LogP contribution >= 0.6 is 11.6 Å². The summed E-state index contributed by atoms with van der Waals surface area (Å²) in [5.74, 6) is 0.662. The van der Waals surface area contributed by atoms with Crippen molar-refractivity contribution in [3.8, 4) is 0 Å². The molecule has 4 nitrogen and oxygen atoms in total. The lowest BCUT2D eigenvalue weighted by Gasteiger charge is -2.21. The minimum Gasteiger partial charge on any atom is -0.372 e. The zero-order valence-corrected chi connectivity index (χ0v) is 13.9. The normalized spacial score (nSPS) is 11.1. The summed E-state index contributed by atoms with van der Waals surface area (Å²) in [4.78, 5) is 10.2. The van der Waals surface area contributed by atoms with Crippen molar-refractivity contribution < 1.29 is 4.39 Å². The molecule has 2 aromatic heterocycles. The number of pyridine rings is 1. The molecule has 0 atom stereocenters. The molecule has 2 heterocycles. The lowest BCUT2D eigenvalue weighted by atomic mass is 10.1. The smallest absolute Gasteiger partial charge is 0.172 e. The van der Waals surface area contributed by atoms with E-state index in [0.717, 1.165) is 25.3 Å². The van der Waals surface area contributed by atoms with Crippen molar-refractivity contribution in [2.45, 2.75) is 19.9 Å². The summed E-state index contributed by atoms with van der Waals surface area (Å²) in [7, 11) is 1.88. The monoisotopic (exact) mass is 332 g/mol. The van der Waals surface area contributed by atoms with E-state index in [2.05, 4.69) is 14.5 Å². The number of aryl methyl sites for hydroxylation is 2. The number of benzene rings is 1. The van der Waals surface area contributed by atoms with E-state index < -0.39 is 0 Å². The summed E-state index contributed by atoms with van der Waals surface area (Å²) >= 11 is 6.09. The van der Waals surface area contributed by atoms with Gasteiger partial charge in [0.25, 0.3) is 0 Å². The highest BCUT2D eigenvalue weighted by molar-refractivity contribution is 6.35. The lowest BCUT2D eigenvalue weighted by Crippen LogP contribution is -2.21. The van der Waals surface area contributed by atoms with Gasteiger partial charge in [-0.25, -0.2) is 9.37 Å². The number of nitrogens with zero attached hydrogens (tertiary/aromatic N) is 4. The van der Waals surface area contributed by atoms with E-state index in [1.54, 1.807) is 18.3 Å². The Morgan fingerprint density at radius 3 is 2.78 bits per heavy atom. The van der Waals surface area contributed by atoms with Crippen molar-refractivity contribution in [3.05, 3.63) is 53.5 Å². The van der Waals surface area contributed by atoms with E-state index in [9.17, 15) is 4.39 Å². The summed E-state index contributed by atoms with van der Waals surface area (Å²) in [5, 5.41) is 1.15. The van der Waals surface area contributed by atoms with Crippen LogP contribution in [0, 0.1) is 12.7 Å². The van der Waals surface area contributed by atoms with Crippen LogP contribution in [0.15, 0.2) is 36.8 Å². The van der Waals surface area contributed by atoms with Gasteiger partial charge >= 0.3 is 0 Å². The summed E-state index contributed by atoms with van der Waals surface area (Å²) < 4.78 is 16.8. The van der Waals surface area contributed by atoms with E-state index in [1.807, 2.05) is 31.1 Å². The highest BCUT2D eigenvalue weighted by Crippen LogP contribution is 2.29. The van der Waals surface area contributed by atoms with Crippen LogP contribution < -0.4 is 4.90 Å². The van der Waals surface area contributed by atoms with Gasteiger partial charge in [-0.15, -0.1) is 0 Å². The van der Waals surface area contributed by atoms with Crippen molar-refractivity contribution in [2.75, 3.05) is 18.5 Å². The number of aromatic nitrogens is 3. The van der Waals surface area contributed by atoms with Gasteiger partial charge < -0.3 is 9.47 Å². The van der Waals surface area contributed by atoms with Gasteiger partial charge in [-0.2, -0.15) is 0 Å². The van der Waals surface area contributed by atoms with E-state index in [4.69, 9.17) is 11.6 Å². The largest absolute Gasteiger partial charge is 0.372 e. The van der Waals surface area contributed by atoms with Crippen LogP contribution in [0.25, 0.3) is 10.9 Å². The number of anilines is 1. The Kier molecular flexibility index (Phi) is 4.48. The Morgan fingerprint density at radius 1 is 1.22 bits per heavy atom.